The average molecular weight is 216 g/mol. The summed E-state index contributed by atoms with van der Waals surface area (Å²) in [6.45, 7) is -1.17. The van der Waals surface area contributed by atoms with Crippen LogP contribution in [0.2, 0.25) is 0 Å². The zero-order valence-corrected chi connectivity index (χ0v) is 8.04. The first-order chi connectivity index (χ1) is 7.04. The minimum atomic E-state index is -2.95. The number of aromatic carboxylic acids is 1. The van der Waals surface area contributed by atoms with E-state index in [1.165, 1.54) is 12.1 Å². The van der Waals surface area contributed by atoms with Crippen molar-refractivity contribution in [2.45, 2.75) is 20.0 Å². The number of hydrogen-bond donors (Lipinski definition) is 1. The Morgan fingerprint density at radius 3 is 2.67 bits per heavy atom. The normalized spacial score (nSPS) is 10.4. The molecule has 15 heavy (non-hydrogen) atoms. The highest BCUT2D eigenvalue weighted by Crippen LogP contribution is 2.23. The number of alkyl halides is 2. The number of carboxylic acids is 1. The van der Waals surface area contributed by atoms with Crippen LogP contribution in [0.4, 0.5) is 8.78 Å². The molecule has 0 radical (unpaired) electrons. The molecule has 0 unspecified atom stereocenters. The molecule has 0 aliphatic heterocycles. The van der Waals surface area contributed by atoms with Crippen molar-refractivity contribution in [2.75, 3.05) is 0 Å². The number of benzene rings is 1. The molecule has 0 saturated carbocycles. The highest BCUT2D eigenvalue weighted by molar-refractivity contribution is 5.88. The van der Waals surface area contributed by atoms with Crippen molar-refractivity contribution in [1.82, 2.24) is 0 Å². The molecule has 0 saturated heterocycles. The van der Waals surface area contributed by atoms with Gasteiger partial charge in [-0.2, -0.15) is 8.78 Å². The van der Waals surface area contributed by atoms with E-state index >= 15 is 0 Å². The van der Waals surface area contributed by atoms with Crippen molar-refractivity contribution in [3.63, 3.8) is 0 Å². The minimum Gasteiger partial charge on any atom is -0.478 e. The van der Waals surface area contributed by atoms with Gasteiger partial charge in [-0.15, -0.1) is 0 Å². The summed E-state index contributed by atoms with van der Waals surface area (Å²) in [5, 5.41) is 8.66. The summed E-state index contributed by atoms with van der Waals surface area (Å²) < 4.78 is 28.2. The molecule has 0 aliphatic carbocycles. The van der Waals surface area contributed by atoms with Gasteiger partial charge < -0.3 is 9.84 Å². The summed E-state index contributed by atoms with van der Waals surface area (Å²) in [6.07, 6.45) is 0.502. The van der Waals surface area contributed by atoms with Crippen molar-refractivity contribution in [3.05, 3.63) is 29.3 Å². The first-order valence-corrected chi connectivity index (χ1v) is 4.35. The van der Waals surface area contributed by atoms with E-state index in [-0.39, 0.29) is 11.3 Å². The summed E-state index contributed by atoms with van der Waals surface area (Å²) in [5.41, 5.74) is 0.489. The number of halogens is 2. The van der Waals surface area contributed by atoms with Gasteiger partial charge in [-0.25, -0.2) is 4.79 Å². The van der Waals surface area contributed by atoms with Crippen molar-refractivity contribution in [2.24, 2.45) is 0 Å². The van der Waals surface area contributed by atoms with Crippen molar-refractivity contribution in [1.29, 1.82) is 0 Å². The van der Waals surface area contributed by atoms with Gasteiger partial charge in [-0.3, -0.25) is 0 Å². The minimum absolute atomic E-state index is 0.0668. The Bertz CT molecular complexity index is 364. The van der Waals surface area contributed by atoms with Gasteiger partial charge in [-0.1, -0.05) is 13.0 Å². The van der Waals surface area contributed by atoms with Gasteiger partial charge in [0.2, 0.25) is 0 Å². The molecule has 1 aromatic carbocycles. The van der Waals surface area contributed by atoms with Crippen LogP contribution in [0, 0.1) is 0 Å². The fourth-order valence-corrected chi connectivity index (χ4v) is 1.19. The largest absolute Gasteiger partial charge is 0.478 e. The second-order valence-corrected chi connectivity index (χ2v) is 2.86. The summed E-state index contributed by atoms with van der Waals surface area (Å²) in [4.78, 5) is 10.6. The van der Waals surface area contributed by atoms with Gasteiger partial charge in [0, 0.05) is 0 Å². The molecule has 3 nitrogen and oxygen atoms in total. The third-order valence-corrected chi connectivity index (χ3v) is 1.91. The van der Waals surface area contributed by atoms with Crippen molar-refractivity contribution < 1.29 is 23.4 Å². The van der Waals surface area contributed by atoms with Gasteiger partial charge >= 0.3 is 12.6 Å². The van der Waals surface area contributed by atoms with Crippen LogP contribution in [-0.2, 0) is 6.42 Å². The maximum atomic E-state index is 12.0. The van der Waals surface area contributed by atoms with Crippen LogP contribution in [0.3, 0.4) is 0 Å². The van der Waals surface area contributed by atoms with Crippen LogP contribution >= 0.6 is 0 Å². The Kier molecular flexibility index (Phi) is 3.60. The average Bonchev–Trinajstić information content (AvgIpc) is 2.16. The summed E-state index contributed by atoms with van der Waals surface area (Å²) in [5.74, 6) is -1.25. The first kappa shape index (κ1) is 11.4. The van der Waals surface area contributed by atoms with Gasteiger partial charge in [0.25, 0.3) is 0 Å². The van der Waals surface area contributed by atoms with Gasteiger partial charge in [0.15, 0.2) is 0 Å². The number of rotatable bonds is 4. The Morgan fingerprint density at radius 2 is 2.20 bits per heavy atom. The Balaban J connectivity index is 3.07. The molecule has 0 bridgehead atoms. The predicted molar refractivity (Wildman–Crippen MR) is 49.4 cm³/mol. The van der Waals surface area contributed by atoms with Gasteiger partial charge in [0.05, 0.1) is 5.56 Å². The lowest BCUT2D eigenvalue weighted by Crippen LogP contribution is -2.06. The monoisotopic (exact) mass is 216 g/mol. The molecule has 0 heterocycles. The lowest BCUT2D eigenvalue weighted by molar-refractivity contribution is -0.0504. The molecule has 1 aromatic rings. The second kappa shape index (κ2) is 4.72. The molecule has 1 rings (SSSR count). The highest BCUT2D eigenvalue weighted by atomic mass is 19.3. The fraction of sp³-hybridized carbons (Fsp3) is 0.300. The predicted octanol–water partition coefficient (Wildman–Crippen LogP) is 2.55. The molecular weight excluding hydrogens is 206 g/mol. The Labute approximate surface area is 85.3 Å². The van der Waals surface area contributed by atoms with E-state index in [0.29, 0.717) is 12.0 Å². The van der Waals surface area contributed by atoms with E-state index < -0.39 is 12.6 Å². The molecule has 0 atom stereocenters. The van der Waals surface area contributed by atoms with E-state index in [9.17, 15) is 13.6 Å². The summed E-state index contributed by atoms with van der Waals surface area (Å²) in [6, 6.07) is 3.94. The molecule has 0 amide bonds. The van der Waals surface area contributed by atoms with Crippen LogP contribution in [0.25, 0.3) is 0 Å². The fourth-order valence-electron chi connectivity index (χ4n) is 1.19. The van der Waals surface area contributed by atoms with E-state index in [0.717, 1.165) is 6.07 Å². The molecule has 5 heteroatoms. The van der Waals surface area contributed by atoms with E-state index in [1.54, 1.807) is 6.92 Å². The lowest BCUT2D eigenvalue weighted by atomic mass is 10.1. The summed E-state index contributed by atoms with van der Waals surface area (Å²) in [7, 11) is 0. The van der Waals surface area contributed by atoms with E-state index in [1.807, 2.05) is 0 Å². The Hall–Kier alpha value is -1.65. The number of ether oxygens (including phenoxy) is 1. The molecule has 1 N–H and O–H groups in total. The molecule has 0 aromatic heterocycles. The molecule has 0 aliphatic rings. The maximum absolute atomic E-state index is 12.0. The molecule has 0 fully saturated rings. The van der Waals surface area contributed by atoms with Gasteiger partial charge in [0.1, 0.15) is 5.75 Å². The third kappa shape index (κ3) is 2.90. The number of carbonyl (C=O) groups is 1. The molecule has 82 valence electrons. The van der Waals surface area contributed by atoms with Crippen molar-refractivity contribution >= 4 is 5.97 Å². The zero-order chi connectivity index (χ0) is 11.4. The van der Waals surface area contributed by atoms with E-state index in [4.69, 9.17) is 5.11 Å². The number of hydrogen-bond acceptors (Lipinski definition) is 2. The smallest absolute Gasteiger partial charge is 0.387 e. The standard InChI is InChI=1S/C10H10F2O3/c1-2-6-3-4-7(9(13)14)5-8(6)15-10(11)12/h3-5,10H,2H2,1H3,(H,13,14). The SMILES string of the molecule is CCc1ccc(C(=O)O)cc1OC(F)F. The second-order valence-electron chi connectivity index (χ2n) is 2.86. The Morgan fingerprint density at radius 1 is 1.53 bits per heavy atom. The number of aryl methyl sites for hydroxylation is 1. The first-order valence-electron chi connectivity index (χ1n) is 4.35. The van der Waals surface area contributed by atoms with Crippen LogP contribution < -0.4 is 4.74 Å². The van der Waals surface area contributed by atoms with Gasteiger partial charge in [-0.05, 0) is 24.1 Å². The highest BCUT2D eigenvalue weighted by Gasteiger charge is 2.12. The topological polar surface area (TPSA) is 46.5 Å². The van der Waals surface area contributed by atoms with Crippen LogP contribution in [0.5, 0.6) is 5.75 Å². The quantitative estimate of drug-likeness (QED) is 0.841. The van der Waals surface area contributed by atoms with Crippen LogP contribution in [0.15, 0.2) is 18.2 Å². The summed E-state index contributed by atoms with van der Waals surface area (Å²) >= 11 is 0. The van der Waals surface area contributed by atoms with Crippen LogP contribution in [-0.4, -0.2) is 17.7 Å². The zero-order valence-electron chi connectivity index (χ0n) is 8.04. The lowest BCUT2D eigenvalue weighted by Gasteiger charge is -2.09. The van der Waals surface area contributed by atoms with Crippen molar-refractivity contribution in [3.8, 4) is 5.75 Å². The molecular formula is C10H10F2O3. The maximum Gasteiger partial charge on any atom is 0.387 e. The van der Waals surface area contributed by atoms with Crippen LogP contribution in [0.1, 0.15) is 22.8 Å². The third-order valence-electron chi connectivity index (χ3n) is 1.91. The molecule has 0 spiro atoms. The van der Waals surface area contributed by atoms with E-state index in [2.05, 4.69) is 4.74 Å². The number of carboxylic acid groups (broad SMARTS) is 1.